The fourth-order valence-corrected chi connectivity index (χ4v) is 12.3. The summed E-state index contributed by atoms with van der Waals surface area (Å²) in [5, 5.41) is 66.6. The largest absolute Gasteiger partial charge is 0.458 e. The number of fused-ring (bicyclic) bond motifs is 5. The summed E-state index contributed by atoms with van der Waals surface area (Å²) in [6.07, 6.45) is -2.80. The highest BCUT2D eigenvalue weighted by atomic mass is 16.9. The van der Waals surface area contributed by atoms with Crippen LogP contribution in [-0.2, 0) is 42.7 Å². The molecule has 0 aromatic heterocycles. The van der Waals surface area contributed by atoms with E-state index in [1.165, 1.54) is 0 Å². The summed E-state index contributed by atoms with van der Waals surface area (Å²) in [6, 6.07) is 0. The van der Waals surface area contributed by atoms with Crippen molar-refractivity contribution < 1.29 is 73.3 Å². The Morgan fingerprint density at radius 2 is 1.42 bits per heavy atom. The third-order valence-corrected chi connectivity index (χ3v) is 15.6. The highest BCUT2D eigenvalue weighted by molar-refractivity contribution is 5.85. The fourth-order valence-electron chi connectivity index (χ4n) is 12.3. The third kappa shape index (κ3) is 6.94. The molecule has 0 radical (unpaired) electrons. The second-order valence-electron chi connectivity index (χ2n) is 18.4. The fraction of sp³-hybridized carbons (Fsp3) is 0.925. The summed E-state index contributed by atoms with van der Waals surface area (Å²) >= 11 is 0. The normalized spacial score (nSPS) is 55.5. The van der Waals surface area contributed by atoms with Gasteiger partial charge >= 0.3 is 5.97 Å². The van der Waals surface area contributed by atoms with Gasteiger partial charge in [-0.2, -0.15) is 0 Å². The number of aliphatic hydroxyl groups is 6. The number of cyclic esters (lactones) is 1. The van der Waals surface area contributed by atoms with Crippen molar-refractivity contribution in [3.8, 4) is 0 Å². The Labute approximate surface area is 322 Å². The lowest BCUT2D eigenvalue weighted by Crippen LogP contribution is -2.67. The van der Waals surface area contributed by atoms with Gasteiger partial charge in [-0.15, -0.1) is 0 Å². The van der Waals surface area contributed by atoms with Gasteiger partial charge in [-0.3, -0.25) is 4.74 Å². The molecule has 0 amide bonds. The zero-order valence-electron chi connectivity index (χ0n) is 32.6. The molecule has 8 rings (SSSR count). The number of hydrogen-bond donors (Lipinski definition) is 6. The minimum Gasteiger partial charge on any atom is -0.458 e. The van der Waals surface area contributed by atoms with Gasteiger partial charge in [0.1, 0.15) is 24.9 Å². The molecule has 4 aliphatic heterocycles. The van der Waals surface area contributed by atoms with Crippen LogP contribution in [0.5, 0.6) is 0 Å². The number of rotatable bonds is 7. The number of carbonyl (C=O) groups is 1. The van der Waals surface area contributed by atoms with Crippen LogP contribution in [0.4, 0.5) is 0 Å². The van der Waals surface area contributed by atoms with Crippen LogP contribution in [0.3, 0.4) is 0 Å². The maximum atomic E-state index is 12.6. The number of aliphatic hydroxyl groups excluding tert-OH is 5. The molecule has 0 aromatic carbocycles. The standard InChI is InChI=1S/C40H62O15/c1-18-33(45)27(41)15-31(49-18)53-34-19(2)50-32(16-28(34)42)54-35-20(3)51-37(55-36(35)46)52-23-8-10-38(4)22(13-23)6-7-25-26(38)14-29(43)39(5)24(9-11-40(25,39)47)21-12-30(44)48-17-21/h12,18-20,22-29,31-37,41-43,45-47H,6-11,13-17H2,1-5H3/t18-,19-,20-,22-,23+,24-,25-,26+,27+,28+,29-,31+,32+,33-,34-,35-,36+,37+,38+,39+,40+/m1/s1. The van der Waals surface area contributed by atoms with E-state index in [2.05, 4.69) is 6.92 Å². The van der Waals surface area contributed by atoms with E-state index in [4.69, 9.17) is 37.9 Å². The molecule has 312 valence electrons. The van der Waals surface area contributed by atoms with E-state index in [1.54, 1.807) is 26.8 Å². The van der Waals surface area contributed by atoms with E-state index in [0.29, 0.717) is 18.8 Å². The van der Waals surface area contributed by atoms with Gasteiger partial charge in [-0.05, 0) is 107 Å². The first-order chi connectivity index (χ1) is 26.0. The molecular weight excluding hydrogens is 720 g/mol. The zero-order chi connectivity index (χ0) is 39.2. The second kappa shape index (κ2) is 15.1. The lowest BCUT2D eigenvalue weighted by atomic mass is 9.42. The molecule has 4 heterocycles. The Morgan fingerprint density at radius 1 is 0.727 bits per heavy atom. The van der Waals surface area contributed by atoms with Crippen LogP contribution < -0.4 is 0 Å². The van der Waals surface area contributed by atoms with Crippen molar-refractivity contribution in [2.75, 3.05) is 6.61 Å². The minimum atomic E-state index is -1.38. The van der Waals surface area contributed by atoms with Crippen molar-refractivity contribution in [2.24, 2.45) is 34.5 Å². The average molecular weight is 783 g/mol. The molecule has 7 fully saturated rings. The van der Waals surface area contributed by atoms with Gasteiger partial charge in [0.25, 0.3) is 6.48 Å². The molecule has 4 saturated carbocycles. The van der Waals surface area contributed by atoms with Gasteiger partial charge in [0.2, 0.25) is 0 Å². The minimum absolute atomic E-state index is 0.0463. The van der Waals surface area contributed by atoms with E-state index in [9.17, 15) is 35.4 Å². The van der Waals surface area contributed by atoms with Crippen molar-refractivity contribution in [3.05, 3.63) is 11.6 Å². The van der Waals surface area contributed by atoms with E-state index in [1.807, 2.05) is 6.92 Å². The first-order valence-corrected chi connectivity index (χ1v) is 20.6. The van der Waals surface area contributed by atoms with Gasteiger partial charge in [0, 0.05) is 24.3 Å². The molecule has 0 spiro atoms. The summed E-state index contributed by atoms with van der Waals surface area (Å²) in [5.41, 5.74) is -0.981. The van der Waals surface area contributed by atoms with Gasteiger partial charge in [0.15, 0.2) is 18.9 Å². The summed E-state index contributed by atoms with van der Waals surface area (Å²) in [7, 11) is 0. The van der Waals surface area contributed by atoms with Crippen LogP contribution in [0.2, 0.25) is 0 Å². The Bertz CT molecular complexity index is 1410. The summed E-state index contributed by atoms with van der Waals surface area (Å²) in [4.78, 5) is 11.9. The molecule has 8 aliphatic rings. The average Bonchev–Trinajstić information content (AvgIpc) is 3.67. The number of hydrogen-bond acceptors (Lipinski definition) is 15. The number of carbonyl (C=O) groups excluding carboxylic acids is 1. The molecular formula is C40H62O15. The van der Waals surface area contributed by atoms with Crippen LogP contribution in [-0.4, -0.2) is 135 Å². The predicted molar refractivity (Wildman–Crippen MR) is 189 cm³/mol. The topological polar surface area (TPSA) is 212 Å². The quantitative estimate of drug-likeness (QED) is 0.203. The van der Waals surface area contributed by atoms with Crippen molar-refractivity contribution in [3.63, 3.8) is 0 Å². The van der Waals surface area contributed by atoms with Gasteiger partial charge < -0.3 is 63.8 Å². The third-order valence-electron chi connectivity index (χ3n) is 15.6. The van der Waals surface area contributed by atoms with Crippen molar-refractivity contribution in [1.82, 2.24) is 0 Å². The van der Waals surface area contributed by atoms with Crippen LogP contribution in [0.1, 0.15) is 98.8 Å². The van der Waals surface area contributed by atoms with E-state index in [-0.39, 0.29) is 54.7 Å². The molecule has 6 N–H and O–H groups in total. The summed E-state index contributed by atoms with van der Waals surface area (Å²) in [6.45, 7) is 8.61. The smallest absolute Gasteiger partial charge is 0.331 e. The van der Waals surface area contributed by atoms with Crippen molar-refractivity contribution >= 4 is 5.97 Å². The van der Waals surface area contributed by atoms with Crippen LogP contribution in [0, 0.1) is 34.5 Å². The van der Waals surface area contributed by atoms with Gasteiger partial charge in [-0.25, -0.2) is 4.79 Å². The van der Waals surface area contributed by atoms with Gasteiger partial charge in [0.05, 0.1) is 48.3 Å². The van der Waals surface area contributed by atoms with Crippen LogP contribution in [0.25, 0.3) is 0 Å². The lowest BCUT2D eigenvalue weighted by molar-refractivity contribution is -0.430. The second-order valence-corrected chi connectivity index (χ2v) is 18.4. The highest BCUT2D eigenvalue weighted by Crippen LogP contribution is 2.70. The van der Waals surface area contributed by atoms with Crippen molar-refractivity contribution in [1.29, 1.82) is 0 Å². The molecule has 0 aromatic rings. The van der Waals surface area contributed by atoms with Crippen LogP contribution in [0.15, 0.2) is 11.6 Å². The van der Waals surface area contributed by atoms with E-state index in [0.717, 1.165) is 44.1 Å². The predicted octanol–water partition coefficient (Wildman–Crippen LogP) is 1.76. The first kappa shape index (κ1) is 40.5. The maximum absolute atomic E-state index is 12.6. The summed E-state index contributed by atoms with van der Waals surface area (Å²) < 4.78 is 47.2. The van der Waals surface area contributed by atoms with Gasteiger partial charge in [-0.1, -0.05) is 13.8 Å². The number of esters is 1. The van der Waals surface area contributed by atoms with Crippen molar-refractivity contribution in [2.45, 2.75) is 191 Å². The zero-order valence-corrected chi connectivity index (χ0v) is 32.6. The van der Waals surface area contributed by atoms with Crippen LogP contribution >= 0.6 is 0 Å². The maximum Gasteiger partial charge on any atom is 0.331 e. The highest BCUT2D eigenvalue weighted by Gasteiger charge is 2.71. The molecule has 0 unspecified atom stereocenters. The Morgan fingerprint density at radius 3 is 2.09 bits per heavy atom. The van der Waals surface area contributed by atoms with E-state index < -0.39 is 91.3 Å². The lowest BCUT2D eigenvalue weighted by Gasteiger charge is -2.65. The SMILES string of the molecule is C[C@H]1O[C@@H](O[C@H]2[C@@H](O)C[C@H](O[C@@H]3[C@@H](C)O[C@@H](O[C@H]4CC[C@@]5(C)[C@H](CC[C@@H]6[C@@H]5C[C@@H](O)[C@]5(C)[C@@H](C7=CC(=O)OC7)CC[C@]65O)C4)O[C@@H]3O)O[C@@H]2C)C[C@H](O)[C@@H]1O. The molecule has 55 heavy (non-hydrogen) atoms. The van der Waals surface area contributed by atoms with E-state index >= 15 is 0 Å². The molecule has 15 nitrogen and oxygen atoms in total. The molecule has 0 bridgehead atoms. The molecule has 4 aliphatic carbocycles. The Balaban J connectivity index is 0.837. The summed E-state index contributed by atoms with van der Waals surface area (Å²) in [5.74, 6) is 0.0699. The molecule has 21 atom stereocenters. The molecule has 3 saturated heterocycles. The molecule has 15 heteroatoms. The monoisotopic (exact) mass is 782 g/mol. The Hall–Kier alpha value is -1.31. The Kier molecular flexibility index (Phi) is 11.1. The first-order valence-electron chi connectivity index (χ1n) is 20.6. The number of ether oxygens (including phenoxy) is 8.